The van der Waals surface area contributed by atoms with Gasteiger partial charge in [0.2, 0.25) is 5.91 Å². The monoisotopic (exact) mass is 219 g/mol. The number of aliphatic carboxylic acids is 1. The maximum Gasteiger partial charge on any atom is 0.327 e. The molecule has 1 aliphatic rings. The molecule has 6 heteroatoms. The second-order valence-corrected chi connectivity index (χ2v) is 3.70. The van der Waals surface area contributed by atoms with Crippen molar-refractivity contribution in [1.82, 2.24) is 4.90 Å². The second kappa shape index (κ2) is 4.65. The van der Waals surface area contributed by atoms with Gasteiger partial charge in [0.15, 0.2) is 0 Å². The van der Waals surface area contributed by atoms with Crippen molar-refractivity contribution in [3.63, 3.8) is 0 Å². The Balaban J connectivity index is 2.68. The van der Waals surface area contributed by atoms with E-state index in [1.54, 1.807) is 0 Å². The second-order valence-electron chi connectivity index (χ2n) is 3.34. The van der Waals surface area contributed by atoms with Crippen molar-refractivity contribution in [2.75, 3.05) is 18.9 Å². The average Bonchev–Trinajstić information content (AvgIpc) is 2.48. The number of amides is 1. The van der Waals surface area contributed by atoms with Crippen LogP contribution in [0.5, 0.6) is 0 Å². The third kappa shape index (κ3) is 2.19. The van der Waals surface area contributed by atoms with Gasteiger partial charge in [0.1, 0.15) is 6.04 Å². The van der Waals surface area contributed by atoms with Gasteiger partial charge in [0.25, 0.3) is 0 Å². The smallest absolute Gasteiger partial charge is 0.327 e. The van der Waals surface area contributed by atoms with Gasteiger partial charge in [0, 0.05) is 31.2 Å². The van der Waals surface area contributed by atoms with E-state index in [2.05, 4.69) is 12.6 Å². The molecule has 1 aliphatic heterocycles. The average molecular weight is 219 g/mol. The summed E-state index contributed by atoms with van der Waals surface area (Å²) >= 11 is 3.89. The Labute approximate surface area is 87.1 Å². The van der Waals surface area contributed by atoms with Crippen LogP contribution < -0.4 is 0 Å². The number of carboxylic acid groups (broad SMARTS) is 1. The zero-order valence-corrected chi connectivity index (χ0v) is 8.48. The number of hydrogen-bond donors (Lipinski definition) is 3. The van der Waals surface area contributed by atoms with E-state index in [4.69, 9.17) is 10.2 Å². The minimum Gasteiger partial charge on any atom is -0.480 e. The fraction of sp³-hybridized carbons (Fsp3) is 0.750. The molecular formula is C8H13NO4S. The molecule has 0 aromatic rings. The highest BCUT2D eigenvalue weighted by Gasteiger charge is 2.36. The van der Waals surface area contributed by atoms with Gasteiger partial charge < -0.3 is 15.1 Å². The van der Waals surface area contributed by atoms with E-state index < -0.39 is 12.0 Å². The van der Waals surface area contributed by atoms with Gasteiger partial charge >= 0.3 is 5.97 Å². The molecule has 0 aromatic carbocycles. The van der Waals surface area contributed by atoms with Crippen molar-refractivity contribution in [3.8, 4) is 0 Å². The van der Waals surface area contributed by atoms with Crippen LogP contribution in [-0.4, -0.2) is 51.9 Å². The highest BCUT2D eigenvalue weighted by atomic mass is 32.1. The van der Waals surface area contributed by atoms with Crippen LogP contribution in [0, 0.1) is 5.92 Å². The van der Waals surface area contributed by atoms with Crippen molar-refractivity contribution >= 4 is 24.5 Å². The number of hydrogen-bond acceptors (Lipinski definition) is 4. The number of carboxylic acids is 1. The van der Waals surface area contributed by atoms with Gasteiger partial charge in [-0.2, -0.15) is 12.6 Å². The normalized spacial score (nSPS) is 24.0. The van der Waals surface area contributed by atoms with Crippen LogP contribution in [0.25, 0.3) is 0 Å². The van der Waals surface area contributed by atoms with Crippen LogP contribution in [0.2, 0.25) is 0 Å². The van der Waals surface area contributed by atoms with Gasteiger partial charge in [-0.3, -0.25) is 4.79 Å². The number of carbonyl (C=O) groups excluding carboxylic acids is 1. The van der Waals surface area contributed by atoms with E-state index in [0.29, 0.717) is 6.54 Å². The van der Waals surface area contributed by atoms with Gasteiger partial charge in [-0.15, -0.1) is 0 Å². The first kappa shape index (κ1) is 11.3. The predicted octanol–water partition coefficient (Wildman–Crippen LogP) is -0.790. The molecule has 1 heterocycles. The van der Waals surface area contributed by atoms with Crippen LogP contribution >= 0.6 is 12.6 Å². The van der Waals surface area contributed by atoms with E-state index in [0.717, 1.165) is 0 Å². The van der Waals surface area contributed by atoms with Crippen molar-refractivity contribution in [1.29, 1.82) is 0 Å². The molecule has 2 N–H and O–H groups in total. The van der Waals surface area contributed by atoms with Crippen LogP contribution in [-0.2, 0) is 9.59 Å². The Bertz CT molecular complexity index is 245. The van der Waals surface area contributed by atoms with E-state index in [9.17, 15) is 9.59 Å². The molecule has 0 radical (unpaired) electrons. The van der Waals surface area contributed by atoms with Crippen molar-refractivity contribution in [2.45, 2.75) is 12.5 Å². The molecule has 0 aliphatic carbocycles. The number of nitrogens with zero attached hydrogens (tertiary/aromatic N) is 1. The fourth-order valence-electron chi connectivity index (χ4n) is 1.54. The Hall–Kier alpha value is -0.750. The number of aliphatic hydroxyl groups is 1. The van der Waals surface area contributed by atoms with E-state index in [-0.39, 0.29) is 30.6 Å². The Kier molecular flexibility index (Phi) is 3.77. The largest absolute Gasteiger partial charge is 0.480 e. The lowest BCUT2D eigenvalue weighted by Crippen LogP contribution is -2.43. The lowest BCUT2D eigenvalue weighted by atomic mass is 10.1. The first-order valence-corrected chi connectivity index (χ1v) is 4.97. The molecule has 1 amide bonds. The Morgan fingerprint density at radius 3 is 2.71 bits per heavy atom. The summed E-state index contributed by atoms with van der Waals surface area (Å²) in [4.78, 5) is 23.4. The van der Waals surface area contributed by atoms with Crippen LogP contribution in [0.4, 0.5) is 0 Å². The van der Waals surface area contributed by atoms with E-state index in [1.807, 2.05) is 0 Å². The zero-order valence-electron chi connectivity index (χ0n) is 7.59. The number of thiol groups is 1. The molecule has 0 aromatic heterocycles. The third-order valence-corrected chi connectivity index (χ3v) is 2.68. The molecule has 1 rings (SSSR count). The number of aliphatic hydroxyl groups excluding tert-OH is 1. The molecule has 1 fully saturated rings. The standard InChI is InChI=1S/C8H13NO4S/c10-3-5-1-7(11)9(2-5)6(4-14)8(12)13/h5-6,10,14H,1-4H2,(H,12,13). The summed E-state index contributed by atoms with van der Waals surface area (Å²) in [6.45, 7) is 0.230. The minimum atomic E-state index is -1.05. The molecule has 14 heavy (non-hydrogen) atoms. The van der Waals surface area contributed by atoms with Gasteiger partial charge in [-0.05, 0) is 0 Å². The molecule has 0 spiro atoms. The van der Waals surface area contributed by atoms with Gasteiger partial charge in [-0.25, -0.2) is 4.79 Å². The topological polar surface area (TPSA) is 77.8 Å². The highest BCUT2D eigenvalue weighted by molar-refractivity contribution is 7.80. The molecule has 2 atom stereocenters. The number of likely N-dealkylation sites (tertiary alicyclic amines) is 1. The van der Waals surface area contributed by atoms with Crippen LogP contribution in [0.15, 0.2) is 0 Å². The zero-order chi connectivity index (χ0) is 10.7. The number of carbonyl (C=O) groups is 2. The van der Waals surface area contributed by atoms with Crippen LogP contribution in [0.1, 0.15) is 6.42 Å². The SMILES string of the molecule is O=C(O)C(CS)N1CC(CO)CC1=O. The lowest BCUT2D eigenvalue weighted by Gasteiger charge is -2.22. The summed E-state index contributed by atoms with van der Waals surface area (Å²) in [6.07, 6.45) is 0.230. The predicted molar refractivity (Wildman–Crippen MR) is 52.2 cm³/mol. The quantitative estimate of drug-likeness (QED) is 0.541. The van der Waals surface area contributed by atoms with E-state index >= 15 is 0 Å². The minimum absolute atomic E-state index is 0.0822. The maximum absolute atomic E-state index is 11.4. The first-order valence-electron chi connectivity index (χ1n) is 4.34. The summed E-state index contributed by atoms with van der Waals surface area (Å²) in [5, 5.41) is 17.7. The Morgan fingerprint density at radius 1 is 1.71 bits per heavy atom. The summed E-state index contributed by atoms with van der Waals surface area (Å²) in [6, 6.07) is -0.873. The molecule has 80 valence electrons. The van der Waals surface area contributed by atoms with Crippen LogP contribution in [0.3, 0.4) is 0 Å². The van der Waals surface area contributed by atoms with Gasteiger partial charge in [0.05, 0.1) is 0 Å². The van der Waals surface area contributed by atoms with Crippen molar-refractivity contribution in [3.05, 3.63) is 0 Å². The summed E-state index contributed by atoms with van der Waals surface area (Å²) in [5.41, 5.74) is 0. The molecule has 5 nitrogen and oxygen atoms in total. The summed E-state index contributed by atoms with van der Waals surface area (Å²) < 4.78 is 0. The molecular weight excluding hydrogens is 206 g/mol. The lowest BCUT2D eigenvalue weighted by molar-refractivity contribution is -0.147. The van der Waals surface area contributed by atoms with Crippen molar-refractivity contribution in [2.24, 2.45) is 5.92 Å². The third-order valence-electron chi connectivity index (χ3n) is 2.33. The van der Waals surface area contributed by atoms with Gasteiger partial charge in [-0.1, -0.05) is 0 Å². The summed E-state index contributed by atoms with van der Waals surface area (Å²) in [5.74, 6) is -1.30. The summed E-state index contributed by atoms with van der Waals surface area (Å²) in [7, 11) is 0. The molecule has 0 saturated carbocycles. The number of rotatable bonds is 4. The van der Waals surface area contributed by atoms with Crippen molar-refractivity contribution < 1.29 is 19.8 Å². The highest BCUT2D eigenvalue weighted by Crippen LogP contribution is 2.20. The Morgan fingerprint density at radius 2 is 2.36 bits per heavy atom. The van der Waals surface area contributed by atoms with E-state index in [1.165, 1.54) is 4.90 Å². The first-order chi connectivity index (χ1) is 6.60. The maximum atomic E-state index is 11.4. The fourth-order valence-corrected chi connectivity index (χ4v) is 1.90. The molecule has 1 saturated heterocycles. The molecule has 2 unspecified atom stereocenters. The molecule has 0 bridgehead atoms.